The van der Waals surface area contributed by atoms with Crippen LogP contribution >= 0.6 is 0 Å². The molecule has 0 spiro atoms. The van der Waals surface area contributed by atoms with E-state index in [9.17, 15) is 9.90 Å². The van der Waals surface area contributed by atoms with E-state index in [1.54, 1.807) is 0 Å². The normalized spacial score (nSPS) is 12.7. The van der Waals surface area contributed by atoms with Crippen molar-refractivity contribution in [2.75, 3.05) is 0 Å². The largest absolute Gasteiger partial charge is 0.481 e. The first-order chi connectivity index (χ1) is 17.7. The van der Waals surface area contributed by atoms with Crippen LogP contribution in [0.5, 0.6) is 0 Å². The average Bonchev–Trinajstić information content (AvgIpc) is 2.87. The molecule has 212 valence electrons. The van der Waals surface area contributed by atoms with E-state index < -0.39 is 5.97 Å². The molecule has 0 aliphatic carbocycles. The van der Waals surface area contributed by atoms with Gasteiger partial charge >= 0.3 is 5.97 Å². The van der Waals surface area contributed by atoms with Crippen molar-refractivity contribution in [1.82, 2.24) is 0 Å². The van der Waals surface area contributed by atoms with Crippen LogP contribution in [-0.2, 0) is 4.79 Å². The zero-order valence-electron chi connectivity index (χ0n) is 24.6. The molecule has 0 aromatic carbocycles. The molecule has 0 saturated carbocycles. The van der Waals surface area contributed by atoms with Crippen molar-refractivity contribution in [2.24, 2.45) is 5.92 Å². The van der Waals surface area contributed by atoms with Crippen molar-refractivity contribution < 1.29 is 9.90 Å². The van der Waals surface area contributed by atoms with Crippen LogP contribution in [-0.4, -0.2) is 11.1 Å². The molecule has 1 atom stereocenters. The zero-order chi connectivity index (χ0) is 26.4. The molecular weight excluding hydrogens is 440 g/mol. The standard InChI is InChI=1S/C34H64O2/c1-3-5-7-9-11-13-15-17-18-19-20-22-24-26-28-30-32-33(34(35)36)31-29-27-25-23-21-16-14-12-10-8-6-4-2/h11,13,17-18,33H,3-10,12,14-16,19-32H2,1-2H3,(H,35,36)/b13-11-,18-17-. The summed E-state index contributed by atoms with van der Waals surface area (Å²) in [5.74, 6) is -0.681. The molecule has 0 aromatic rings. The highest BCUT2D eigenvalue weighted by Crippen LogP contribution is 2.20. The van der Waals surface area contributed by atoms with Crippen LogP contribution in [0.1, 0.15) is 181 Å². The van der Waals surface area contributed by atoms with Crippen LogP contribution < -0.4 is 0 Å². The lowest BCUT2D eigenvalue weighted by Gasteiger charge is -2.12. The Labute approximate surface area is 226 Å². The summed E-state index contributed by atoms with van der Waals surface area (Å²) in [4.78, 5) is 11.6. The average molecular weight is 505 g/mol. The first kappa shape index (κ1) is 35.0. The van der Waals surface area contributed by atoms with E-state index >= 15 is 0 Å². The van der Waals surface area contributed by atoms with E-state index in [0.717, 1.165) is 32.1 Å². The summed E-state index contributed by atoms with van der Waals surface area (Å²) in [6.45, 7) is 4.53. The molecule has 0 saturated heterocycles. The smallest absolute Gasteiger partial charge is 0.306 e. The van der Waals surface area contributed by atoms with Crippen molar-refractivity contribution in [1.29, 1.82) is 0 Å². The Hall–Kier alpha value is -1.05. The Morgan fingerprint density at radius 2 is 0.833 bits per heavy atom. The molecule has 0 aliphatic heterocycles. The van der Waals surface area contributed by atoms with Gasteiger partial charge in [-0.2, -0.15) is 0 Å². The van der Waals surface area contributed by atoms with Gasteiger partial charge in [-0.05, 0) is 44.9 Å². The molecule has 2 heteroatoms. The first-order valence-corrected chi connectivity index (χ1v) is 16.2. The minimum atomic E-state index is -0.569. The molecule has 0 heterocycles. The van der Waals surface area contributed by atoms with E-state index in [-0.39, 0.29) is 5.92 Å². The molecule has 0 aliphatic rings. The Morgan fingerprint density at radius 3 is 1.25 bits per heavy atom. The number of hydrogen-bond donors (Lipinski definition) is 1. The van der Waals surface area contributed by atoms with Crippen molar-refractivity contribution in [3.05, 3.63) is 24.3 Å². The van der Waals surface area contributed by atoms with Gasteiger partial charge in [0.2, 0.25) is 0 Å². The number of rotatable bonds is 29. The van der Waals surface area contributed by atoms with E-state index in [1.807, 2.05) is 0 Å². The monoisotopic (exact) mass is 504 g/mol. The van der Waals surface area contributed by atoms with Gasteiger partial charge in [0.1, 0.15) is 0 Å². The number of carbonyl (C=O) groups is 1. The number of hydrogen-bond acceptors (Lipinski definition) is 1. The fraction of sp³-hybridized carbons (Fsp3) is 0.853. The maximum absolute atomic E-state index is 11.6. The Bertz CT molecular complexity index is 493. The summed E-state index contributed by atoms with van der Waals surface area (Å²) in [6.07, 6.45) is 42.0. The van der Waals surface area contributed by atoms with Crippen LogP contribution in [0, 0.1) is 5.92 Å². The highest BCUT2D eigenvalue weighted by molar-refractivity contribution is 5.69. The lowest BCUT2D eigenvalue weighted by atomic mass is 9.94. The van der Waals surface area contributed by atoms with Crippen LogP contribution in [0.3, 0.4) is 0 Å². The third kappa shape index (κ3) is 27.5. The predicted octanol–water partition coefficient (Wildman–Crippen LogP) is 12.0. The summed E-state index contributed by atoms with van der Waals surface area (Å²) in [6, 6.07) is 0. The molecule has 1 N–H and O–H groups in total. The number of carboxylic acid groups (broad SMARTS) is 1. The second kappa shape index (κ2) is 30.2. The summed E-state index contributed by atoms with van der Waals surface area (Å²) in [5, 5.41) is 9.57. The second-order valence-electron chi connectivity index (χ2n) is 11.1. The van der Waals surface area contributed by atoms with Gasteiger partial charge in [0.15, 0.2) is 0 Å². The van der Waals surface area contributed by atoms with Gasteiger partial charge in [0.25, 0.3) is 0 Å². The van der Waals surface area contributed by atoms with Gasteiger partial charge in [-0.1, -0.05) is 160 Å². The number of unbranched alkanes of at least 4 members (excludes halogenated alkanes) is 20. The minimum Gasteiger partial charge on any atom is -0.481 e. The van der Waals surface area contributed by atoms with E-state index in [0.29, 0.717) is 0 Å². The van der Waals surface area contributed by atoms with Gasteiger partial charge in [-0.15, -0.1) is 0 Å². The van der Waals surface area contributed by atoms with E-state index in [2.05, 4.69) is 38.2 Å². The molecule has 0 fully saturated rings. The van der Waals surface area contributed by atoms with Crippen molar-refractivity contribution in [3.8, 4) is 0 Å². The molecule has 0 bridgehead atoms. The van der Waals surface area contributed by atoms with E-state index in [4.69, 9.17) is 0 Å². The zero-order valence-corrected chi connectivity index (χ0v) is 24.6. The molecule has 0 amide bonds. The minimum absolute atomic E-state index is 0.112. The number of aliphatic carboxylic acids is 1. The molecule has 1 unspecified atom stereocenters. The van der Waals surface area contributed by atoms with Gasteiger partial charge < -0.3 is 5.11 Å². The third-order valence-electron chi connectivity index (χ3n) is 7.51. The number of allylic oxidation sites excluding steroid dienone is 4. The molecule has 2 nitrogen and oxygen atoms in total. The molecular formula is C34H64O2. The molecule has 0 aromatic heterocycles. The Balaban J connectivity index is 3.48. The van der Waals surface area contributed by atoms with Crippen LogP contribution in [0.25, 0.3) is 0 Å². The van der Waals surface area contributed by atoms with E-state index in [1.165, 1.54) is 135 Å². The SMILES string of the molecule is CCCCC/C=C\C/C=C\CCCCCCCCC(CCCCCCCCCCCCCC)C(=O)O. The van der Waals surface area contributed by atoms with Crippen LogP contribution in [0.15, 0.2) is 24.3 Å². The number of carboxylic acids is 1. The van der Waals surface area contributed by atoms with Gasteiger partial charge in [-0.3, -0.25) is 4.79 Å². The maximum atomic E-state index is 11.6. The van der Waals surface area contributed by atoms with Crippen LogP contribution in [0.2, 0.25) is 0 Å². The summed E-state index contributed by atoms with van der Waals surface area (Å²) in [7, 11) is 0. The Morgan fingerprint density at radius 1 is 0.500 bits per heavy atom. The van der Waals surface area contributed by atoms with Crippen molar-refractivity contribution in [3.63, 3.8) is 0 Å². The van der Waals surface area contributed by atoms with Gasteiger partial charge in [-0.25, -0.2) is 0 Å². The highest BCUT2D eigenvalue weighted by atomic mass is 16.4. The summed E-state index contributed by atoms with van der Waals surface area (Å²) in [5.41, 5.74) is 0. The predicted molar refractivity (Wildman–Crippen MR) is 161 cm³/mol. The molecule has 0 radical (unpaired) electrons. The van der Waals surface area contributed by atoms with Crippen molar-refractivity contribution in [2.45, 2.75) is 181 Å². The maximum Gasteiger partial charge on any atom is 0.306 e. The summed E-state index contributed by atoms with van der Waals surface area (Å²) >= 11 is 0. The molecule has 0 rings (SSSR count). The second-order valence-corrected chi connectivity index (χ2v) is 11.1. The fourth-order valence-corrected chi connectivity index (χ4v) is 5.00. The fourth-order valence-electron chi connectivity index (χ4n) is 5.00. The van der Waals surface area contributed by atoms with Gasteiger partial charge in [0, 0.05) is 0 Å². The highest BCUT2D eigenvalue weighted by Gasteiger charge is 2.16. The van der Waals surface area contributed by atoms with Crippen molar-refractivity contribution >= 4 is 5.97 Å². The quantitative estimate of drug-likeness (QED) is 0.0812. The summed E-state index contributed by atoms with van der Waals surface area (Å²) < 4.78 is 0. The Kier molecular flexibility index (Phi) is 29.3. The lowest BCUT2D eigenvalue weighted by Crippen LogP contribution is -2.13. The first-order valence-electron chi connectivity index (χ1n) is 16.2. The third-order valence-corrected chi connectivity index (χ3v) is 7.51. The molecule has 36 heavy (non-hydrogen) atoms. The topological polar surface area (TPSA) is 37.3 Å². The van der Waals surface area contributed by atoms with Gasteiger partial charge in [0.05, 0.1) is 5.92 Å². The van der Waals surface area contributed by atoms with Crippen LogP contribution in [0.4, 0.5) is 0 Å². The lowest BCUT2D eigenvalue weighted by molar-refractivity contribution is -0.142.